The Hall–Kier alpha value is -2.60. The third-order valence-corrected chi connectivity index (χ3v) is 7.59. The van der Waals surface area contributed by atoms with Gasteiger partial charge in [-0.3, -0.25) is 14.5 Å². The van der Waals surface area contributed by atoms with Crippen LogP contribution in [-0.4, -0.2) is 31.8 Å². The quantitative estimate of drug-likeness (QED) is 0.222. The van der Waals surface area contributed by atoms with E-state index in [1.807, 2.05) is 0 Å². The minimum Gasteiger partial charge on any atom is -0.298 e. The van der Waals surface area contributed by atoms with E-state index in [1.165, 1.54) is 18.0 Å². The van der Waals surface area contributed by atoms with Gasteiger partial charge in [0.2, 0.25) is 0 Å². The molecule has 0 spiro atoms. The molecule has 2 heterocycles. The van der Waals surface area contributed by atoms with Gasteiger partial charge in [-0.05, 0) is 42.7 Å². The summed E-state index contributed by atoms with van der Waals surface area (Å²) >= 11 is 7.58. The first kappa shape index (κ1) is 26.0. The topological polar surface area (TPSA) is 60.7 Å². The van der Waals surface area contributed by atoms with Gasteiger partial charge in [-0.1, -0.05) is 11.6 Å². The molecule has 0 aliphatic heterocycles. The fourth-order valence-electron chi connectivity index (χ4n) is 5.10. The maximum absolute atomic E-state index is 14.8. The van der Waals surface area contributed by atoms with E-state index in [9.17, 15) is 31.1 Å². The third kappa shape index (κ3) is 4.85. The predicted octanol–water partition coefficient (Wildman–Crippen LogP) is 6.46. The average molecular weight is 561 g/mol. The highest BCUT2D eigenvalue weighted by Crippen LogP contribution is 2.68. The molecule has 1 saturated carbocycles. The first-order chi connectivity index (χ1) is 17.5. The molecule has 0 radical (unpaired) electrons. The lowest BCUT2D eigenvalue weighted by Crippen LogP contribution is -2.24. The number of halogens is 7. The van der Waals surface area contributed by atoms with Gasteiger partial charge in [-0.25, -0.2) is 22.5 Å². The van der Waals surface area contributed by atoms with Crippen LogP contribution in [0.15, 0.2) is 29.4 Å². The van der Waals surface area contributed by atoms with Crippen molar-refractivity contribution in [2.45, 2.75) is 55.0 Å². The van der Waals surface area contributed by atoms with Crippen molar-refractivity contribution in [2.24, 2.45) is 5.92 Å². The molecule has 5 nitrogen and oxygen atoms in total. The lowest BCUT2D eigenvalue weighted by Gasteiger charge is -2.19. The van der Waals surface area contributed by atoms with Gasteiger partial charge in [0.15, 0.2) is 10.9 Å². The molecule has 5 rings (SSSR count). The van der Waals surface area contributed by atoms with E-state index in [-0.39, 0.29) is 41.2 Å². The number of thioether (sulfide) groups is 1. The number of fused-ring (bicyclic) bond motifs is 3. The first-order valence-electron chi connectivity index (χ1n) is 11.3. The number of ketones is 1. The molecule has 3 aromatic rings. The molecular weight excluding hydrogens is 542 g/mol. The predicted molar refractivity (Wildman–Crippen MR) is 123 cm³/mol. The summed E-state index contributed by atoms with van der Waals surface area (Å²) in [6.07, 6.45) is -0.158. The summed E-state index contributed by atoms with van der Waals surface area (Å²) in [5.41, 5.74) is -1.12. The average Bonchev–Trinajstić information content (AvgIpc) is 3.47. The Bertz CT molecular complexity index is 1360. The molecule has 0 bridgehead atoms. The van der Waals surface area contributed by atoms with Crippen LogP contribution in [0.25, 0.3) is 0 Å². The van der Waals surface area contributed by atoms with E-state index in [4.69, 9.17) is 11.6 Å². The van der Waals surface area contributed by atoms with Crippen molar-refractivity contribution in [3.63, 3.8) is 0 Å². The van der Waals surface area contributed by atoms with Crippen molar-refractivity contribution in [2.75, 3.05) is 6.26 Å². The van der Waals surface area contributed by atoms with Crippen LogP contribution in [0.2, 0.25) is 5.15 Å². The number of aromatic nitrogens is 4. The second-order valence-electron chi connectivity index (χ2n) is 9.19. The lowest BCUT2D eigenvalue weighted by atomic mass is 9.91. The van der Waals surface area contributed by atoms with Crippen LogP contribution in [0.5, 0.6) is 0 Å². The fourth-order valence-corrected chi connectivity index (χ4v) is 5.78. The Labute approximate surface area is 216 Å². The van der Waals surface area contributed by atoms with Crippen molar-refractivity contribution >= 4 is 29.1 Å². The lowest BCUT2D eigenvalue weighted by molar-refractivity contribution is -0.120. The molecule has 2 aliphatic rings. The van der Waals surface area contributed by atoms with Crippen LogP contribution < -0.4 is 0 Å². The zero-order valence-electron chi connectivity index (χ0n) is 19.2. The van der Waals surface area contributed by atoms with Crippen LogP contribution >= 0.6 is 23.4 Å². The van der Waals surface area contributed by atoms with E-state index in [0.717, 1.165) is 12.1 Å². The van der Waals surface area contributed by atoms with E-state index < -0.39 is 65.5 Å². The second-order valence-corrected chi connectivity index (χ2v) is 10.4. The van der Waals surface area contributed by atoms with Crippen molar-refractivity contribution in [3.05, 3.63) is 69.4 Å². The summed E-state index contributed by atoms with van der Waals surface area (Å²) in [6, 6.07) is 2.90. The highest BCUT2D eigenvalue weighted by molar-refractivity contribution is 7.98. The summed E-state index contributed by atoms with van der Waals surface area (Å²) < 4.78 is 85.1. The Balaban J connectivity index is 1.45. The largest absolute Gasteiger partial charge is 0.298 e. The molecule has 0 amide bonds. The molecule has 3 atom stereocenters. The fraction of sp³-hybridized carbons (Fsp3) is 0.417. The number of hydrogen-bond acceptors (Lipinski definition) is 5. The van der Waals surface area contributed by atoms with Gasteiger partial charge in [0, 0.05) is 29.9 Å². The number of Topliss-reactive ketones (excluding diaryl/α,β-unsaturated/α-hetero) is 1. The second kappa shape index (κ2) is 9.61. The van der Waals surface area contributed by atoms with E-state index in [0.29, 0.717) is 15.8 Å². The first-order valence-corrected chi connectivity index (χ1v) is 12.9. The highest BCUT2D eigenvalue weighted by Gasteiger charge is 2.67. The van der Waals surface area contributed by atoms with E-state index in [2.05, 4.69) is 15.1 Å². The van der Waals surface area contributed by atoms with Gasteiger partial charge in [-0.2, -0.15) is 13.9 Å². The number of alkyl halides is 4. The van der Waals surface area contributed by atoms with E-state index in [1.54, 1.807) is 6.26 Å². The molecule has 1 fully saturated rings. The van der Waals surface area contributed by atoms with Gasteiger partial charge in [0.05, 0.1) is 11.9 Å². The van der Waals surface area contributed by atoms with Crippen LogP contribution in [0.3, 0.4) is 0 Å². The summed E-state index contributed by atoms with van der Waals surface area (Å²) in [4.78, 5) is 21.6. The van der Waals surface area contributed by atoms with Crippen molar-refractivity contribution in [3.8, 4) is 0 Å². The van der Waals surface area contributed by atoms with Crippen molar-refractivity contribution in [1.29, 1.82) is 0 Å². The maximum atomic E-state index is 14.8. The molecule has 2 aliphatic carbocycles. The van der Waals surface area contributed by atoms with Crippen LogP contribution in [0.4, 0.5) is 26.3 Å². The third-order valence-electron chi connectivity index (χ3n) is 6.70. The van der Waals surface area contributed by atoms with Crippen LogP contribution in [0, 0.1) is 17.6 Å². The number of hydrogen-bond donors (Lipinski definition) is 0. The number of nitrogens with zero attached hydrogens (tertiary/aromatic N) is 4. The number of carbonyl (C=O) groups is 1. The highest BCUT2D eigenvalue weighted by atomic mass is 35.5. The minimum absolute atomic E-state index is 0.0203. The number of benzene rings is 1. The summed E-state index contributed by atoms with van der Waals surface area (Å²) in [5, 5.41) is 4.16. The smallest absolute Gasteiger partial charge is 0.293 e. The normalized spacial score (nSPS) is 20.1. The Morgan fingerprint density at radius 3 is 2.54 bits per heavy atom. The monoisotopic (exact) mass is 560 g/mol. The Kier molecular flexibility index (Phi) is 6.76. The van der Waals surface area contributed by atoms with Crippen LogP contribution in [0.1, 0.15) is 59.3 Å². The molecule has 2 aromatic heterocycles. The maximum Gasteiger partial charge on any atom is 0.293 e. The van der Waals surface area contributed by atoms with Crippen molar-refractivity contribution < 1.29 is 31.1 Å². The van der Waals surface area contributed by atoms with Gasteiger partial charge in [0.1, 0.15) is 34.6 Å². The number of carbonyl (C=O) groups excluding carboxylic acids is 1. The molecule has 0 N–H and O–H groups in total. The standard InChI is InChI=1S/C24H19ClF6N4OS/c1-37-17-8-32-19(22(25)33-17)11(2-10-3-12(26)6-13(27)4-10)5-14(36)9-35-21-18(20(34-35)23(28)29)15-7-16(15)24(21,30)31/h3-4,6,8,11,15-16,23H,2,5,7,9H2,1H3/t11-,15+,16-/m1/s1. The molecule has 37 heavy (non-hydrogen) atoms. The summed E-state index contributed by atoms with van der Waals surface area (Å²) in [6.45, 7) is -0.675. The van der Waals surface area contributed by atoms with Gasteiger partial charge >= 0.3 is 0 Å². The van der Waals surface area contributed by atoms with Gasteiger partial charge in [-0.15, -0.1) is 11.8 Å². The van der Waals surface area contributed by atoms with E-state index >= 15 is 0 Å². The summed E-state index contributed by atoms with van der Waals surface area (Å²) in [5.74, 6) is -8.17. The Morgan fingerprint density at radius 1 is 1.22 bits per heavy atom. The minimum atomic E-state index is -3.36. The molecular formula is C24H19ClF6N4OS. The van der Waals surface area contributed by atoms with Crippen LogP contribution in [-0.2, 0) is 23.7 Å². The zero-order valence-corrected chi connectivity index (χ0v) is 20.8. The van der Waals surface area contributed by atoms with Gasteiger partial charge in [0.25, 0.3) is 12.3 Å². The Morgan fingerprint density at radius 2 is 1.92 bits per heavy atom. The zero-order chi connectivity index (χ0) is 26.6. The molecule has 13 heteroatoms. The van der Waals surface area contributed by atoms with Crippen molar-refractivity contribution in [1.82, 2.24) is 19.7 Å². The molecule has 196 valence electrons. The van der Waals surface area contributed by atoms with Gasteiger partial charge < -0.3 is 0 Å². The number of rotatable bonds is 9. The molecule has 0 saturated heterocycles. The summed E-state index contributed by atoms with van der Waals surface area (Å²) in [7, 11) is 0. The SMILES string of the molecule is CSc1cnc([C@@H](CC(=O)Cn2nc(C(F)F)c3c2C(F)(F)[C@@H]2C[C@H]32)Cc2cc(F)cc(F)c2)c(Cl)n1. The molecule has 0 unspecified atom stereocenters. The molecule has 1 aromatic carbocycles.